The average Bonchev–Trinajstić information content (AvgIpc) is 3.65. The first-order valence-electron chi connectivity index (χ1n) is 18.5. The lowest BCUT2D eigenvalue weighted by molar-refractivity contribution is 0.669. The Morgan fingerprint density at radius 2 is 0.764 bits per heavy atom. The molecule has 0 saturated carbocycles. The number of para-hydroxylation sites is 2. The number of fused-ring (bicyclic) bond motifs is 6. The van der Waals surface area contributed by atoms with Gasteiger partial charge in [0.05, 0.1) is 5.56 Å². The van der Waals surface area contributed by atoms with Crippen LogP contribution in [0.25, 0.3) is 111 Å². The van der Waals surface area contributed by atoms with Crippen molar-refractivity contribution in [1.82, 2.24) is 15.0 Å². The van der Waals surface area contributed by atoms with Crippen LogP contribution in [-0.2, 0) is 0 Å². The number of nitrogens with zero attached hydrogens (tertiary/aromatic N) is 3. The van der Waals surface area contributed by atoms with Crippen molar-refractivity contribution < 1.29 is 4.42 Å². The van der Waals surface area contributed by atoms with Crippen molar-refractivity contribution in [2.24, 2.45) is 0 Å². The molecule has 0 amide bonds. The molecule has 0 radical (unpaired) electrons. The van der Waals surface area contributed by atoms with E-state index in [0.717, 1.165) is 44.2 Å². The Balaban J connectivity index is 1.09. The molecule has 0 aliphatic heterocycles. The predicted molar refractivity (Wildman–Crippen MR) is 227 cm³/mol. The van der Waals surface area contributed by atoms with Gasteiger partial charge in [0.1, 0.15) is 11.2 Å². The Kier molecular flexibility index (Phi) is 7.14. The third-order valence-corrected chi connectivity index (χ3v) is 10.7. The number of hydrogen-bond donors (Lipinski definition) is 0. The topological polar surface area (TPSA) is 51.8 Å². The largest absolute Gasteiger partial charge is 0.455 e. The van der Waals surface area contributed by atoms with E-state index in [1.165, 1.54) is 49.0 Å². The van der Waals surface area contributed by atoms with Crippen LogP contribution < -0.4 is 0 Å². The van der Waals surface area contributed by atoms with Crippen molar-refractivity contribution in [3.05, 3.63) is 188 Å². The van der Waals surface area contributed by atoms with E-state index in [1.54, 1.807) is 0 Å². The van der Waals surface area contributed by atoms with Gasteiger partial charge in [-0.2, -0.15) is 0 Å². The highest BCUT2D eigenvalue weighted by molar-refractivity contribution is 6.23. The number of furan rings is 1. The van der Waals surface area contributed by atoms with Crippen LogP contribution in [0.2, 0.25) is 0 Å². The van der Waals surface area contributed by atoms with Crippen molar-refractivity contribution >= 4 is 54.3 Å². The minimum Gasteiger partial charge on any atom is -0.455 e. The van der Waals surface area contributed by atoms with Crippen molar-refractivity contribution in [3.8, 4) is 56.4 Å². The number of aromatic nitrogens is 3. The van der Waals surface area contributed by atoms with Gasteiger partial charge in [-0.25, -0.2) is 15.0 Å². The zero-order valence-electron chi connectivity index (χ0n) is 29.6. The molecule has 0 spiro atoms. The minimum absolute atomic E-state index is 0.568. The van der Waals surface area contributed by atoms with Crippen molar-refractivity contribution in [3.63, 3.8) is 0 Å². The summed E-state index contributed by atoms with van der Waals surface area (Å²) in [6.45, 7) is 0. The minimum atomic E-state index is 0.568. The van der Waals surface area contributed by atoms with Gasteiger partial charge in [0.25, 0.3) is 0 Å². The first kappa shape index (κ1) is 31.1. The molecule has 4 nitrogen and oxygen atoms in total. The lowest BCUT2D eigenvalue weighted by atomic mass is 9.84. The van der Waals surface area contributed by atoms with Gasteiger partial charge in [-0.3, -0.25) is 0 Å². The van der Waals surface area contributed by atoms with Crippen LogP contribution in [0.15, 0.2) is 192 Å². The van der Waals surface area contributed by atoms with Crippen LogP contribution in [0.4, 0.5) is 0 Å². The monoisotopic (exact) mass is 701 g/mol. The molecule has 0 aliphatic rings. The summed E-state index contributed by atoms with van der Waals surface area (Å²) in [7, 11) is 0. The maximum atomic E-state index is 6.42. The maximum absolute atomic E-state index is 6.42. The number of rotatable bonds is 5. The van der Waals surface area contributed by atoms with Crippen LogP contribution in [0.5, 0.6) is 0 Å². The summed E-state index contributed by atoms with van der Waals surface area (Å²) >= 11 is 0. The van der Waals surface area contributed by atoms with Crippen LogP contribution in [0, 0.1) is 0 Å². The molecule has 256 valence electrons. The first-order chi connectivity index (χ1) is 27.3. The zero-order chi connectivity index (χ0) is 36.3. The number of benzene rings is 9. The van der Waals surface area contributed by atoms with E-state index in [-0.39, 0.29) is 0 Å². The van der Waals surface area contributed by atoms with Gasteiger partial charge >= 0.3 is 0 Å². The molecule has 0 aliphatic carbocycles. The number of hydrogen-bond acceptors (Lipinski definition) is 4. The molecule has 2 aromatic heterocycles. The third kappa shape index (κ3) is 5.11. The standard InChI is InChI=1S/C51H31N3O/c1-2-15-34(16-3-1)49-52-50(54-51(53-49)44-26-13-25-43-37-19-10-11-27-45(37)55-48(43)44)35-30-28-33(29-31-35)46-39-20-6-8-22-41(39)47(42-23-9-7-21-40(42)46)38-24-12-17-32-14-4-5-18-36(32)38/h1-31H. The SMILES string of the molecule is c1ccc(-c2nc(-c3ccc(-c4c5ccccc5c(-c5cccc6ccccc56)c5ccccc45)cc3)nc(-c3cccc4c3oc3ccccc34)n2)cc1. The Hall–Kier alpha value is -7.43. The molecular formula is C51H31N3O. The van der Waals surface area contributed by atoms with E-state index in [4.69, 9.17) is 19.4 Å². The molecule has 0 saturated heterocycles. The molecule has 0 N–H and O–H groups in total. The van der Waals surface area contributed by atoms with E-state index in [1.807, 2.05) is 60.7 Å². The Bertz CT molecular complexity index is 3190. The van der Waals surface area contributed by atoms with Gasteiger partial charge in [-0.15, -0.1) is 0 Å². The Morgan fingerprint density at radius 1 is 0.291 bits per heavy atom. The van der Waals surface area contributed by atoms with Crippen LogP contribution in [-0.4, -0.2) is 15.0 Å². The summed E-state index contributed by atoms with van der Waals surface area (Å²) in [4.78, 5) is 15.2. The molecule has 2 heterocycles. The maximum Gasteiger partial charge on any atom is 0.167 e. The van der Waals surface area contributed by atoms with E-state index in [9.17, 15) is 0 Å². The van der Waals surface area contributed by atoms with Crippen molar-refractivity contribution in [2.45, 2.75) is 0 Å². The lowest BCUT2D eigenvalue weighted by Crippen LogP contribution is -2.00. The molecule has 0 atom stereocenters. The molecule has 55 heavy (non-hydrogen) atoms. The molecular weight excluding hydrogens is 671 g/mol. The Morgan fingerprint density at radius 3 is 1.47 bits per heavy atom. The van der Waals surface area contributed by atoms with Gasteiger partial charge in [0.15, 0.2) is 17.5 Å². The fourth-order valence-electron chi connectivity index (χ4n) is 8.22. The lowest BCUT2D eigenvalue weighted by Gasteiger charge is -2.19. The van der Waals surface area contributed by atoms with E-state index >= 15 is 0 Å². The summed E-state index contributed by atoms with van der Waals surface area (Å²) < 4.78 is 6.42. The van der Waals surface area contributed by atoms with Gasteiger partial charge in [0.2, 0.25) is 0 Å². The van der Waals surface area contributed by atoms with Gasteiger partial charge < -0.3 is 4.42 Å². The summed E-state index contributed by atoms with van der Waals surface area (Å²) in [6, 6.07) is 65.9. The van der Waals surface area contributed by atoms with Crippen LogP contribution >= 0.6 is 0 Å². The smallest absolute Gasteiger partial charge is 0.167 e. The molecule has 0 unspecified atom stereocenters. The van der Waals surface area contributed by atoms with Crippen molar-refractivity contribution in [1.29, 1.82) is 0 Å². The molecule has 0 fully saturated rings. The molecule has 4 heteroatoms. The van der Waals surface area contributed by atoms with Crippen LogP contribution in [0.1, 0.15) is 0 Å². The summed E-state index contributed by atoms with van der Waals surface area (Å²) in [5, 5.41) is 9.47. The molecule has 0 bridgehead atoms. The fourth-order valence-corrected chi connectivity index (χ4v) is 8.22. The molecule has 11 aromatic rings. The quantitative estimate of drug-likeness (QED) is 0.168. The summed E-state index contributed by atoms with van der Waals surface area (Å²) in [5.41, 5.74) is 9.09. The highest BCUT2D eigenvalue weighted by Gasteiger charge is 2.20. The second-order valence-corrected chi connectivity index (χ2v) is 13.9. The van der Waals surface area contributed by atoms with Crippen molar-refractivity contribution in [2.75, 3.05) is 0 Å². The van der Waals surface area contributed by atoms with E-state index in [2.05, 4.69) is 127 Å². The normalized spacial score (nSPS) is 11.6. The van der Waals surface area contributed by atoms with Gasteiger partial charge in [0, 0.05) is 21.9 Å². The predicted octanol–water partition coefficient (Wildman–Crippen LogP) is 13.6. The first-order valence-corrected chi connectivity index (χ1v) is 18.5. The highest BCUT2D eigenvalue weighted by Crippen LogP contribution is 2.45. The molecule has 11 rings (SSSR count). The van der Waals surface area contributed by atoms with Crippen LogP contribution in [0.3, 0.4) is 0 Å². The average molecular weight is 702 g/mol. The second-order valence-electron chi connectivity index (χ2n) is 13.9. The fraction of sp³-hybridized carbons (Fsp3) is 0. The second kappa shape index (κ2) is 12.6. The Labute approximate surface area is 317 Å². The van der Waals surface area contributed by atoms with Gasteiger partial charge in [-0.05, 0) is 66.7 Å². The van der Waals surface area contributed by atoms with E-state index < -0.39 is 0 Å². The van der Waals surface area contributed by atoms with E-state index in [0.29, 0.717) is 17.5 Å². The zero-order valence-corrected chi connectivity index (χ0v) is 29.6. The summed E-state index contributed by atoms with van der Waals surface area (Å²) in [6.07, 6.45) is 0. The third-order valence-electron chi connectivity index (χ3n) is 10.7. The molecule has 9 aromatic carbocycles. The van der Waals surface area contributed by atoms with Gasteiger partial charge in [-0.1, -0.05) is 176 Å². The summed E-state index contributed by atoms with van der Waals surface area (Å²) in [5.74, 6) is 1.78. The highest BCUT2D eigenvalue weighted by atomic mass is 16.3.